The molecule has 0 aliphatic heterocycles. The maximum atomic E-state index is 2.28. The first kappa shape index (κ1) is 19.1. The van der Waals surface area contributed by atoms with Gasteiger partial charge >= 0.3 is 0 Å². The number of rotatable bonds is 4. The lowest BCUT2D eigenvalue weighted by Crippen LogP contribution is -1.84. The predicted molar refractivity (Wildman–Crippen MR) is 133 cm³/mol. The van der Waals surface area contributed by atoms with Crippen LogP contribution < -0.4 is 0 Å². The maximum Gasteiger partial charge on any atom is -0.0178 e. The highest BCUT2D eigenvalue weighted by Gasteiger charge is 2.05. The van der Waals surface area contributed by atoms with Gasteiger partial charge in [-0.3, -0.25) is 0 Å². The Kier molecular flexibility index (Phi) is 5.21. The fraction of sp³-hybridized carbons (Fsp3) is 0.0323. The Morgan fingerprint density at radius 3 is 1.16 bits per heavy atom. The third-order valence-corrected chi connectivity index (χ3v) is 5.74. The molecule has 0 nitrogen and oxygen atoms in total. The summed E-state index contributed by atoms with van der Waals surface area (Å²) in [5.41, 5.74) is 11.2. The van der Waals surface area contributed by atoms with Crippen LogP contribution in [-0.2, 0) is 0 Å². The highest BCUT2D eigenvalue weighted by Crippen LogP contribution is 2.31. The van der Waals surface area contributed by atoms with Crippen LogP contribution in [0, 0.1) is 6.92 Å². The lowest BCUT2D eigenvalue weighted by Gasteiger charge is -2.10. The summed E-state index contributed by atoms with van der Waals surface area (Å²) in [7, 11) is 0. The molecule has 31 heavy (non-hydrogen) atoms. The highest BCUT2D eigenvalue weighted by atomic mass is 14.1. The predicted octanol–water partition coefficient (Wildman–Crippen LogP) is 8.66. The van der Waals surface area contributed by atoms with Crippen molar-refractivity contribution in [1.29, 1.82) is 0 Å². The van der Waals surface area contributed by atoms with Crippen LogP contribution >= 0.6 is 0 Å². The van der Waals surface area contributed by atoms with E-state index in [1.807, 2.05) is 0 Å². The largest absolute Gasteiger partial charge is 0.0622 e. The Morgan fingerprint density at radius 2 is 0.645 bits per heavy atom. The molecule has 0 saturated heterocycles. The molecular weight excluding hydrogens is 372 g/mol. The van der Waals surface area contributed by atoms with E-state index >= 15 is 0 Å². The summed E-state index contributed by atoms with van der Waals surface area (Å²) in [6.07, 6.45) is 0. The fourth-order valence-corrected chi connectivity index (χ4v) is 4.07. The molecule has 0 unspecified atom stereocenters. The molecule has 0 radical (unpaired) electrons. The van der Waals surface area contributed by atoms with Crippen molar-refractivity contribution in [2.24, 2.45) is 0 Å². The molecule has 0 aliphatic rings. The van der Waals surface area contributed by atoms with E-state index < -0.39 is 0 Å². The molecule has 5 aromatic carbocycles. The number of hydrogen-bond donors (Lipinski definition) is 0. The average molecular weight is 397 g/mol. The minimum Gasteiger partial charge on any atom is -0.0622 e. The smallest absolute Gasteiger partial charge is 0.0178 e. The third kappa shape index (κ3) is 4.20. The highest BCUT2D eigenvalue weighted by molar-refractivity contribution is 5.78. The Balaban J connectivity index is 1.46. The molecule has 0 fully saturated rings. The summed E-state index contributed by atoms with van der Waals surface area (Å²) >= 11 is 0. The molecule has 5 aromatic rings. The second-order valence-corrected chi connectivity index (χ2v) is 7.97. The lowest BCUT2D eigenvalue weighted by molar-refractivity contribution is 1.47. The Hall–Kier alpha value is -3.90. The molecule has 0 heteroatoms. The van der Waals surface area contributed by atoms with Gasteiger partial charge in [0.05, 0.1) is 0 Å². The third-order valence-electron chi connectivity index (χ3n) is 5.74. The molecule has 0 N–H and O–H groups in total. The second kappa shape index (κ2) is 8.45. The number of hydrogen-bond acceptors (Lipinski definition) is 0. The molecule has 0 aliphatic carbocycles. The Labute approximate surface area is 184 Å². The van der Waals surface area contributed by atoms with Gasteiger partial charge in [0, 0.05) is 0 Å². The average Bonchev–Trinajstić information content (AvgIpc) is 2.85. The first-order valence-corrected chi connectivity index (χ1v) is 10.7. The van der Waals surface area contributed by atoms with Gasteiger partial charge in [-0.2, -0.15) is 0 Å². The molecule has 0 heterocycles. The SMILES string of the molecule is Cc1cccc(-c2cccc(-c3cccc(-c4ccc(-c5ccccc5)cc4)c3)c2)c1. The maximum absolute atomic E-state index is 2.28. The van der Waals surface area contributed by atoms with E-state index in [0.717, 1.165) is 0 Å². The van der Waals surface area contributed by atoms with Crippen molar-refractivity contribution in [3.63, 3.8) is 0 Å². The summed E-state index contributed by atoms with van der Waals surface area (Å²) in [5, 5.41) is 0. The number of benzene rings is 5. The van der Waals surface area contributed by atoms with Crippen LogP contribution in [0.1, 0.15) is 5.56 Å². The van der Waals surface area contributed by atoms with E-state index in [4.69, 9.17) is 0 Å². The molecule has 0 atom stereocenters. The van der Waals surface area contributed by atoms with E-state index in [0.29, 0.717) is 0 Å². The standard InChI is InChI=1S/C31H24/c1-23-8-5-11-27(20-23)29-13-7-15-31(22-29)30-14-6-12-28(21-30)26-18-16-25(17-19-26)24-9-3-2-4-10-24/h2-22H,1H3. The fourth-order valence-electron chi connectivity index (χ4n) is 4.07. The normalized spacial score (nSPS) is 10.7. The van der Waals surface area contributed by atoms with Crippen molar-refractivity contribution in [2.75, 3.05) is 0 Å². The summed E-state index contributed by atoms with van der Waals surface area (Å²) in [6.45, 7) is 2.14. The van der Waals surface area contributed by atoms with Crippen LogP contribution in [0.25, 0.3) is 44.5 Å². The first-order chi connectivity index (χ1) is 15.3. The van der Waals surface area contributed by atoms with Gasteiger partial charge in [-0.1, -0.05) is 121 Å². The van der Waals surface area contributed by atoms with E-state index in [-0.39, 0.29) is 0 Å². The van der Waals surface area contributed by atoms with Gasteiger partial charge in [-0.15, -0.1) is 0 Å². The zero-order valence-electron chi connectivity index (χ0n) is 17.6. The molecule has 0 amide bonds. The van der Waals surface area contributed by atoms with Crippen molar-refractivity contribution < 1.29 is 0 Å². The van der Waals surface area contributed by atoms with Crippen molar-refractivity contribution in [1.82, 2.24) is 0 Å². The minimum absolute atomic E-state index is 1.23. The van der Waals surface area contributed by atoms with E-state index in [9.17, 15) is 0 Å². The van der Waals surface area contributed by atoms with E-state index in [2.05, 4.69) is 134 Å². The molecule has 0 aromatic heterocycles. The molecule has 0 saturated carbocycles. The monoisotopic (exact) mass is 396 g/mol. The minimum atomic E-state index is 1.23. The summed E-state index contributed by atoms with van der Waals surface area (Å²) < 4.78 is 0. The van der Waals surface area contributed by atoms with Crippen LogP contribution in [0.5, 0.6) is 0 Å². The van der Waals surface area contributed by atoms with Crippen LogP contribution in [0.2, 0.25) is 0 Å². The summed E-state index contributed by atoms with van der Waals surface area (Å²) in [4.78, 5) is 0. The molecular formula is C31H24. The molecule has 148 valence electrons. The van der Waals surface area contributed by atoms with Crippen molar-refractivity contribution in [2.45, 2.75) is 6.92 Å². The van der Waals surface area contributed by atoms with Gasteiger partial charge in [-0.05, 0) is 63.6 Å². The van der Waals surface area contributed by atoms with Crippen molar-refractivity contribution >= 4 is 0 Å². The first-order valence-electron chi connectivity index (χ1n) is 10.7. The quantitative estimate of drug-likeness (QED) is 0.285. The number of aryl methyl sites for hydroxylation is 1. The van der Waals surface area contributed by atoms with Crippen molar-refractivity contribution in [3.8, 4) is 44.5 Å². The van der Waals surface area contributed by atoms with Crippen LogP contribution in [0.15, 0.2) is 127 Å². The lowest BCUT2D eigenvalue weighted by atomic mass is 9.95. The summed E-state index contributed by atoms with van der Waals surface area (Å²) in [6, 6.07) is 45.6. The Morgan fingerprint density at radius 1 is 0.290 bits per heavy atom. The van der Waals surface area contributed by atoms with Crippen LogP contribution in [-0.4, -0.2) is 0 Å². The zero-order chi connectivity index (χ0) is 21.0. The van der Waals surface area contributed by atoms with E-state index in [1.54, 1.807) is 0 Å². The van der Waals surface area contributed by atoms with Gasteiger partial charge < -0.3 is 0 Å². The molecule has 0 spiro atoms. The van der Waals surface area contributed by atoms with Crippen LogP contribution in [0.4, 0.5) is 0 Å². The van der Waals surface area contributed by atoms with E-state index in [1.165, 1.54) is 50.1 Å². The molecule has 5 rings (SSSR count). The van der Waals surface area contributed by atoms with Gasteiger partial charge in [0.2, 0.25) is 0 Å². The van der Waals surface area contributed by atoms with Gasteiger partial charge in [0.25, 0.3) is 0 Å². The van der Waals surface area contributed by atoms with Crippen molar-refractivity contribution in [3.05, 3.63) is 133 Å². The second-order valence-electron chi connectivity index (χ2n) is 7.97. The van der Waals surface area contributed by atoms with Crippen LogP contribution in [0.3, 0.4) is 0 Å². The van der Waals surface area contributed by atoms with Gasteiger partial charge in [-0.25, -0.2) is 0 Å². The van der Waals surface area contributed by atoms with Gasteiger partial charge in [0.1, 0.15) is 0 Å². The Bertz CT molecular complexity index is 1310. The topological polar surface area (TPSA) is 0 Å². The molecule has 0 bridgehead atoms. The van der Waals surface area contributed by atoms with Gasteiger partial charge in [0.15, 0.2) is 0 Å². The summed E-state index contributed by atoms with van der Waals surface area (Å²) in [5.74, 6) is 0. The zero-order valence-corrected chi connectivity index (χ0v) is 17.6.